The molecule has 1 aromatic carbocycles. The summed E-state index contributed by atoms with van der Waals surface area (Å²) in [6, 6.07) is 3.97. The third kappa shape index (κ3) is 1.56. The number of hydrazine groups is 1. The van der Waals surface area contributed by atoms with Crippen LogP contribution in [0.1, 0.15) is 28.2 Å². The number of benzene rings is 1. The van der Waals surface area contributed by atoms with Crippen molar-refractivity contribution in [1.82, 2.24) is 10.9 Å². The molecule has 0 spiro atoms. The molecule has 0 unspecified atom stereocenters. The van der Waals surface area contributed by atoms with Crippen LogP contribution in [0.15, 0.2) is 12.1 Å². The van der Waals surface area contributed by atoms with E-state index in [-0.39, 0.29) is 11.8 Å². The topological polar surface area (TPSA) is 58.2 Å². The van der Waals surface area contributed by atoms with Crippen LogP contribution in [0, 0.1) is 20.8 Å². The van der Waals surface area contributed by atoms with Crippen molar-refractivity contribution in [2.75, 3.05) is 0 Å². The Balaban J connectivity index is 2.55. The van der Waals surface area contributed by atoms with E-state index in [9.17, 15) is 9.59 Å². The fourth-order valence-electron chi connectivity index (χ4n) is 2.30. The Hall–Kier alpha value is -1.84. The molecule has 0 atom stereocenters. The molecule has 0 saturated carbocycles. The van der Waals surface area contributed by atoms with Gasteiger partial charge in [-0.05, 0) is 37.5 Å². The zero-order valence-corrected chi connectivity index (χ0v) is 9.55. The van der Waals surface area contributed by atoms with Crippen molar-refractivity contribution in [3.8, 4) is 0 Å². The Morgan fingerprint density at radius 2 is 1.38 bits per heavy atom. The fraction of sp³-hybridized carbons (Fsp3) is 0.333. The number of amides is 2. The largest absolute Gasteiger partial charge is 0.272 e. The summed E-state index contributed by atoms with van der Waals surface area (Å²) in [6.07, 6.45) is 0. The molecular weight excluding hydrogens is 204 g/mol. The number of rotatable bonds is 1. The Labute approximate surface area is 94.0 Å². The minimum absolute atomic E-state index is 0.278. The summed E-state index contributed by atoms with van der Waals surface area (Å²) in [6.45, 7) is 5.85. The molecule has 0 aliphatic carbocycles. The minimum atomic E-state index is -0.708. The summed E-state index contributed by atoms with van der Waals surface area (Å²) in [5.41, 5.74) is 8.61. The van der Waals surface area contributed by atoms with Crippen LogP contribution in [0.3, 0.4) is 0 Å². The average molecular weight is 218 g/mol. The van der Waals surface area contributed by atoms with E-state index in [1.54, 1.807) is 0 Å². The second kappa shape index (κ2) is 3.63. The second-order valence-electron chi connectivity index (χ2n) is 4.22. The number of hydrogen-bond acceptors (Lipinski definition) is 2. The van der Waals surface area contributed by atoms with Gasteiger partial charge in [-0.1, -0.05) is 17.7 Å². The predicted molar refractivity (Wildman–Crippen MR) is 59.7 cm³/mol. The van der Waals surface area contributed by atoms with Gasteiger partial charge in [-0.2, -0.15) is 0 Å². The van der Waals surface area contributed by atoms with Crippen molar-refractivity contribution in [3.63, 3.8) is 0 Å². The van der Waals surface area contributed by atoms with E-state index in [4.69, 9.17) is 0 Å². The first-order valence-corrected chi connectivity index (χ1v) is 5.18. The molecule has 1 aromatic rings. The maximum atomic E-state index is 11.6. The van der Waals surface area contributed by atoms with Crippen LogP contribution in [0.4, 0.5) is 0 Å². The molecular formula is C12H14N2O2. The van der Waals surface area contributed by atoms with E-state index in [0.717, 1.165) is 22.3 Å². The third-order valence-corrected chi connectivity index (χ3v) is 2.86. The fourth-order valence-corrected chi connectivity index (χ4v) is 2.30. The molecule has 0 radical (unpaired) electrons. The second-order valence-corrected chi connectivity index (χ2v) is 4.22. The summed E-state index contributed by atoms with van der Waals surface area (Å²) in [4.78, 5) is 23.2. The number of aryl methyl sites for hydroxylation is 3. The summed E-state index contributed by atoms with van der Waals surface area (Å²) in [7, 11) is 0. The van der Waals surface area contributed by atoms with E-state index >= 15 is 0 Å². The smallest absolute Gasteiger partial charge is 0.255 e. The van der Waals surface area contributed by atoms with Crippen molar-refractivity contribution in [1.29, 1.82) is 0 Å². The number of carbonyl (C=O) groups is 2. The van der Waals surface area contributed by atoms with Gasteiger partial charge < -0.3 is 0 Å². The molecule has 1 aliphatic rings. The Morgan fingerprint density at radius 3 is 1.81 bits per heavy atom. The molecule has 0 bridgehead atoms. The maximum absolute atomic E-state index is 11.6. The Kier molecular flexibility index (Phi) is 2.42. The van der Waals surface area contributed by atoms with Gasteiger partial charge in [-0.25, -0.2) is 0 Å². The highest BCUT2D eigenvalue weighted by atomic mass is 16.2. The summed E-state index contributed by atoms with van der Waals surface area (Å²) in [5, 5.41) is 0. The first-order chi connectivity index (χ1) is 7.50. The van der Waals surface area contributed by atoms with Crippen LogP contribution in [-0.2, 0) is 9.59 Å². The first-order valence-electron chi connectivity index (χ1n) is 5.18. The summed E-state index contributed by atoms with van der Waals surface area (Å²) in [5.74, 6) is -1.26. The zero-order valence-electron chi connectivity index (χ0n) is 9.55. The molecule has 4 nitrogen and oxygen atoms in total. The van der Waals surface area contributed by atoms with Crippen molar-refractivity contribution in [3.05, 3.63) is 34.4 Å². The van der Waals surface area contributed by atoms with Gasteiger partial charge in [0.25, 0.3) is 11.8 Å². The van der Waals surface area contributed by atoms with Crippen LogP contribution < -0.4 is 10.9 Å². The normalized spacial score (nSPS) is 16.2. The molecule has 0 aromatic heterocycles. The molecule has 1 saturated heterocycles. The van der Waals surface area contributed by atoms with Crippen LogP contribution in [0.2, 0.25) is 0 Å². The summed E-state index contributed by atoms with van der Waals surface area (Å²) >= 11 is 0. The SMILES string of the molecule is Cc1cc(C)c(C2C(=O)NNC2=O)c(C)c1. The van der Waals surface area contributed by atoms with Crippen molar-refractivity contribution < 1.29 is 9.59 Å². The van der Waals surface area contributed by atoms with Gasteiger partial charge in [-0.15, -0.1) is 0 Å². The lowest BCUT2D eigenvalue weighted by Crippen LogP contribution is -2.28. The van der Waals surface area contributed by atoms with E-state index in [0.29, 0.717) is 0 Å². The number of nitrogens with one attached hydrogen (secondary N) is 2. The van der Waals surface area contributed by atoms with Gasteiger partial charge in [0.1, 0.15) is 5.92 Å². The number of carbonyl (C=O) groups excluding carboxylic acids is 2. The highest BCUT2D eigenvalue weighted by Crippen LogP contribution is 2.27. The molecule has 4 heteroatoms. The standard InChI is InChI=1S/C12H14N2O2/c1-6-4-7(2)9(8(3)5-6)10-11(15)13-14-12(10)16/h4-5,10H,1-3H3,(H,13,15)(H,14,16). The van der Waals surface area contributed by atoms with Crippen molar-refractivity contribution in [2.45, 2.75) is 26.7 Å². The molecule has 1 fully saturated rings. The van der Waals surface area contributed by atoms with Gasteiger partial charge in [0, 0.05) is 0 Å². The molecule has 1 aliphatic heterocycles. The maximum Gasteiger partial charge on any atom is 0.255 e. The van der Waals surface area contributed by atoms with E-state index in [1.807, 2.05) is 32.9 Å². The Bertz CT molecular complexity index is 441. The quantitative estimate of drug-likeness (QED) is 0.687. The highest BCUT2D eigenvalue weighted by molar-refractivity contribution is 6.10. The Morgan fingerprint density at radius 1 is 0.938 bits per heavy atom. The van der Waals surface area contributed by atoms with Gasteiger partial charge in [0.2, 0.25) is 0 Å². The third-order valence-electron chi connectivity index (χ3n) is 2.86. The lowest BCUT2D eigenvalue weighted by molar-refractivity contribution is -0.124. The van der Waals surface area contributed by atoms with Gasteiger partial charge in [0.15, 0.2) is 0 Å². The first kappa shape index (κ1) is 10.7. The molecule has 84 valence electrons. The van der Waals surface area contributed by atoms with Crippen molar-refractivity contribution in [2.24, 2.45) is 0 Å². The predicted octanol–water partition coefficient (Wildman–Crippen LogP) is 0.856. The van der Waals surface area contributed by atoms with Crippen LogP contribution >= 0.6 is 0 Å². The van der Waals surface area contributed by atoms with E-state index in [1.165, 1.54) is 0 Å². The van der Waals surface area contributed by atoms with Gasteiger partial charge >= 0.3 is 0 Å². The van der Waals surface area contributed by atoms with E-state index in [2.05, 4.69) is 10.9 Å². The lowest BCUT2D eigenvalue weighted by Gasteiger charge is -2.13. The highest BCUT2D eigenvalue weighted by Gasteiger charge is 2.36. The zero-order chi connectivity index (χ0) is 11.9. The van der Waals surface area contributed by atoms with Crippen LogP contribution in [-0.4, -0.2) is 11.8 Å². The van der Waals surface area contributed by atoms with Crippen molar-refractivity contribution >= 4 is 11.8 Å². The van der Waals surface area contributed by atoms with Gasteiger partial charge in [-0.3, -0.25) is 20.4 Å². The van der Waals surface area contributed by atoms with E-state index < -0.39 is 5.92 Å². The average Bonchev–Trinajstić information content (AvgIpc) is 2.47. The number of hydrogen-bond donors (Lipinski definition) is 2. The summed E-state index contributed by atoms with van der Waals surface area (Å²) < 4.78 is 0. The molecule has 2 N–H and O–H groups in total. The minimum Gasteiger partial charge on any atom is -0.272 e. The molecule has 1 heterocycles. The molecule has 2 amide bonds. The van der Waals surface area contributed by atoms with Crippen LogP contribution in [0.25, 0.3) is 0 Å². The molecule has 16 heavy (non-hydrogen) atoms. The monoisotopic (exact) mass is 218 g/mol. The van der Waals surface area contributed by atoms with Crippen LogP contribution in [0.5, 0.6) is 0 Å². The van der Waals surface area contributed by atoms with Gasteiger partial charge in [0.05, 0.1) is 0 Å². The molecule has 2 rings (SSSR count). The lowest BCUT2D eigenvalue weighted by atomic mass is 9.89.